The predicted octanol–water partition coefficient (Wildman–Crippen LogP) is 3.72. The Morgan fingerprint density at radius 2 is 1.68 bits per heavy atom. The molecule has 100 valence electrons. The Hall–Kier alpha value is -1.81. The van der Waals surface area contributed by atoms with E-state index in [1.54, 1.807) is 20.0 Å². The smallest absolute Gasteiger partial charge is 0.128 e. The molecule has 2 aromatic rings. The standard InChI is InChI=1S/C15H14F3N/c1-9-5-10(7-12(17)6-9)15(19-2)13-8-11(16)3-4-14(13)18/h3-8,15,19H,1-2H3. The van der Waals surface area contributed by atoms with E-state index in [1.807, 2.05) is 0 Å². The van der Waals surface area contributed by atoms with Crippen molar-refractivity contribution in [2.24, 2.45) is 0 Å². The highest BCUT2D eigenvalue weighted by atomic mass is 19.1. The summed E-state index contributed by atoms with van der Waals surface area (Å²) < 4.78 is 40.5. The first-order chi connectivity index (χ1) is 9.01. The van der Waals surface area contributed by atoms with E-state index < -0.39 is 23.5 Å². The van der Waals surface area contributed by atoms with E-state index in [9.17, 15) is 13.2 Å². The summed E-state index contributed by atoms with van der Waals surface area (Å²) in [5.41, 5.74) is 1.45. The molecule has 0 bridgehead atoms. The molecule has 1 unspecified atom stereocenters. The number of nitrogens with one attached hydrogen (secondary N) is 1. The van der Waals surface area contributed by atoms with E-state index in [4.69, 9.17) is 0 Å². The lowest BCUT2D eigenvalue weighted by Gasteiger charge is -2.18. The van der Waals surface area contributed by atoms with Crippen molar-refractivity contribution in [2.45, 2.75) is 13.0 Å². The van der Waals surface area contributed by atoms with Crippen molar-refractivity contribution in [3.63, 3.8) is 0 Å². The lowest BCUT2D eigenvalue weighted by atomic mass is 9.97. The van der Waals surface area contributed by atoms with Crippen molar-refractivity contribution in [2.75, 3.05) is 7.05 Å². The Kier molecular flexibility index (Phi) is 3.90. The molecule has 0 saturated carbocycles. The lowest BCUT2D eigenvalue weighted by Crippen LogP contribution is -2.19. The minimum Gasteiger partial charge on any atom is -0.309 e. The molecule has 0 heterocycles. The molecule has 2 rings (SSSR count). The molecule has 19 heavy (non-hydrogen) atoms. The van der Waals surface area contributed by atoms with Crippen LogP contribution in [-0.2, 0) is 0 Å². The summed E-state index contributed by atoms with van der Waals surface area (Å²) in [5.74, 6) is -1.44. The third kappa shape index (κ3) is 2.96. The van der Waals surface area contributed by atoms with Crippen molar-refractivity contribution in [3.8, 4) is 0 Å². The zero-order valence-electron chi connectivity index (χ0n) is 10.7. The van der Waals surface area contributed by atoms with E-state index in [-0.39, 0.29) is 5.56 Å². The Balaban J connectivity index is 2.52. The SMILES string of the molecule is CNC(c1cc(C)cc(F)c1)c1cc(F)ccc1F. The van der Waals surface area contributed by atoms with Crippen LogP contribution in [0.25, 0.3) is 0 Å². The highest BCUT2D eigenvalue weighted by Crippen LogP contribution is 2.26. The first-order valence-corrected chi connectivity index (χ1v) is 5.90. The lowest BCUT2D eigenvalue weighted by molar-refractivity contribution is 0.555. The molecule has 0 saturated heterocycles. The van der Waals surface area contributed by atoms with Crippen molar-refractivity contribution in [1.82, 2.24) is 5.32 Å². The second-order valence-electron chi connectivity index (χ2n) is 4.45. The number of halogens is 3. The first-order valence-electron chi connectivity index (χ1n) is 5.90. The van der Waals surface area contributed by atoms with Crippen LogP contribution in [0.15, 0.2) is 36.4 Å². The quantitative estimate of drug-likeness (QED) is 0.891. The Labute approximate surface area is 110 Å². The van der Waals surface area contributed by atoms with Gasteiger partial charge < -0.3 is 5.32 Å². The normalized spacial score (nSPS) is 12.5. The summed E-state index contributed by atoms with van der Waals surface area (Å²) in [4.78, 5) is 0. The van der Waals surface area contributed by atoms with Crippen molar-refractivity contribution in [1.29, 1.82) is 0 Å². The van der Waals surface area contributed by atoms with Gasteiger partial charge in [-0.25, -0.2) is 13.2 Å². The number of rotatable bonds is 3. The van der Waals surface area contributed by atoms with Gasteiger partial charge in [0.05, 0.1) is 6.04 Å². The van der Waals surface area contributed by atoms with E-state index in [1.165, 1.54) is 12.1 Å². The van der Waals surface area contributed by atoms with Crippen molar-refractivity contribution < 1.29 is 13.2 Å². The summed E-state index contributed by atoms with van der Waals surface area (Å²) >= 11 is 0. The van der Waals surface area contributed by atoms with E-state index >= 15 is 0 Å². The maximum absolute atomic E-state index is 13.8. The average Bonchev–Trinajstić information content (AvgIpc) is 2.33. The molecule has 0 aliphatic rings. The van der Waals surface area contributed by atoms with Crippen LogP contribution >= 0.6 is 0 Å². The van der Waals surface area contributed by atoms with E-state index in [0.29, 0.717) is 5.56 Å². The van der Waals surface area contributed by atoms with Gasteiger partial charge in [0.25, 0.3) is 0 Å². The summed E-state index contributed by atoms with van der Waals surface area (Å²) in [6.45, 7) is 1.75. The van der Waals surface area contributed by atoms with Gasteiger partial charge in [-0.2, -0.15) is 0 Å². The van der Waals surface area contributed by atoms with E-state index in [0.717, 1.165) is 23.8 Å². The van der Waals surface area contributed by atoms with Gasteiger partial charge in [0.1, 0.15) is 17.5 Å². The topological polar surface area (TPSA) is 12.0 Å². The number of benzene rings is 2. The van der Waals surface area contributed by atoms with Gasteiger partial charge in [0.2, 0.25) is 0 Å². The highest BCUT2D eigenvalue weighted by molar-refractivity contribution is 5.35. The Bertz CT molecular complexity index is 576. The zero-order valence-corrected chi connectivity index (χ0v) is 10.7. The second-order valence-corrected chi connectivity index (χ2v) is 4.45. The fourth-order valence-electron chi connectivity index (χ4n) is 2.17. The minimum atomic E-state index is -0.593. The van der Waals surface area contributed by atoms with E-state index in [2.05, 4.69) is 5.32 Å². The van der Waals surface area contributed by atoms with Crippen LogP contribution in [0, 0.1) is 24.4 Å². The summed E-state index contributed by atoms with van der Waals surface area (Å²) in [6, 6.07) is 7.11. The molecule has 0 fully saturated rings. The maximum Gasteiger partial charge on any atom is 0.128 e. The predicted molar refractivity (Wildman–Crippen MR) is 68.4 cm³/mol. The zero-order chi connectivity index (χ0) is 14.0. The van der Waals surface area contributed by atoms with Crippen LogP contribution in [0.1, 0.15) is 22.7 Å². The molecular weight excluding hydrogens is 251 g/mol. The molecule has 0 aromatic heterocycles. The molecule has 1 atom stereocenters. The van der Waals surface area contributed by atoms with Crippen LogP contribution in [0.3, 0.4) is 0 Å². The highest BCUT2D eigenvalue weighted by Gasteiger charge is 2.18. The van der Waals surface area contributed by atoms with Crippen LogP contribution in [0.2, 0.25) is 0 Å². The fraction of sp³-hybridized carbons (Fsp3) is 0.200. The van der Waals surface area contributed by atoms with Gasteiger partial charge in [-0.05, 0) is 55.4 Å². The van der Waals surface area contributed by atoms with Crippen LogP contribution < -0.4 is 5.32 Å². The average molecular weight is 265 g/mol. The van der Waals surface area contributed by atoms with Gasteiger partial charge >= 0.3 is 0 Å². The molecule has 4 heteroatoms. The molecule has 2 aromatic carbocycles. The van der Waals surface area contributed by atoms with Gasteiger partial charge in [0, 0.05) is 5.56 Å². The molecule has 0 amide bonds. The number of hydrogen-bond donors (Lipinski definition) is 1. The third-order valence-corrected chi connectivity index (χ3v) is 2.96. The maximum atomic E-state index is 13.8. The van der Waals surface area contributed by atoms with Gasteiger partial charge in [0.15, 0.2) is 0 Å². The molecule has 0 radical (unpaired) electrons. The summed E-state index contributed by atoms with van der Waals surface area (Å²) in [6.07, 6.45) is 0. The molecule has 0 aliphatic heterocycles. The largest absolute Gasteiger partial charge is 0.309 e. The number of aryl methyl sites for hydroxylation is 1. The van der Waals surface area contributed by atoms with Gasteiger partial charge in [-0.1, -0.05) is 6.07 Å². The van der Waals surface area contributed by atoms with Crippen molar-refractivity contribution in [3.05, 3.63) is 70.5 Å². The molecule has 0 aliphatic carbocycles. The van der Waals surface area contributed by atoms with Crippen LogP contribution in [-0.4, -0.2) is 7.05 Å². The molecule has 1 nitrogen and oxygen atoms in total. The molecular formula is C15H14F3N. The molecule has 1 N–H and O–H groups in total. The van der Waals surface area contributed by atoms with Crippen LogP contribution in [0.4, 0.5) is 13.2 Å². The molecule has 0 spiro atoms. The van der Waals surface area contributed by atoms with Crippen molar-refractivity contribution >= 4 is 0 Å². The fourth-order valence-corrected chi connectivity index (χ4v) is 2.17. The summed E-state index contributed by atoms with van der Waals surface area (Å²) in [5, 5.41) is 2.88. The second kappa shape index (κ2) is 5.45. The third-order valence-electron chi connectivity index (χ3n) is 2.96. The minimum absolute atomic E-state index is 0.160. The number of hydrogen-bond acceptors (Lipinski definition) is 1. The Morgan fingerprint density at radius 3 is 2.32 bits per heavy atom. The monoisotopic (exact) mass is 265 g/mol. The summed E-state index contributed by atoms with van der Waals surface area (Å²) in [7, 11) is 1.62. The Morgan fingerprint density at radius 1 is 0.947 bits per heavy atom. The van der Waals surface area contributed by atoms with Gasteiger partial charge in [-0.3, -0.25) is 0 Å². The first kappa shape index (κ1) is 13.6. The van der Waals surface area contributed by atoms with Crippen LogP contribution in [0.5, 0.6) is 0 Å². The van der Waals surface area contributed by atoms with Gasteiger partial charge in [-0.15, -0.1) is 0 Å².